The Morgan fingerprint density at radius 2 is 1.68 bits per heavy atom. The molecule has 0 aliphatic carbocycles. The Labute approximate surface area is 110 Å². The largest absolute Gasteiger partial charge is 0.406 e. The Bertz CT molecular complexity index is 443. The van der Waals surface area contributed by atoms with Crippen molar-refractivity contribution < 1.29 is 26.7 Å². The van der Waals surface area contributed by atoms with Gasteiger partial charge >= 0.3 is 6.18 Å². The first kappa shape index (κ1) is 15.7. The third kappa shape index (κ3) is 5.02. The van der Waals surface area contributed by atoms with Crippen LogP contribution in [0.15, 0.2) is 18.2 Å². The molecule has 1 aromatic rings. The quantitative estimate of drug-likeness (QED) is 0.618. The molecule has 0 bridgehead atoms. The van der Waals surface area contributed by atoms with Gasteiger partial charge in [0.05, 0.1) is 0 Å². The smallest absolute Gasteiger partial charge is 0.328 e. The van der Waals surface area contributed by atoms with Gasteiger partial charge < -0.3 is 4.90 Å². The van der Waals surface area contributed by atoms with Gasteiger partial charge in [-0.25, -0.2) is 8.78 Å². The molecule has 0 saturated heterocycles. The van der Waals surface area contributed by atoms with E-state index >= 15 is 0 Å². The van der Waals surface area contributed by atoms with Gasteiger partial charge in [0.25, 0.3) is 5.91 Å². The second-order valence-corrected chi connectivity index (χ2v) is 4.07. The summed E-state index contributed by atoms with van der Waals surface area (Å²) in [7, 11) is 0. The van der Waals surface area contributed by atoms with Crippen LogP contribution in [-0.2, 0) is 0 Å². The number of nitrogens with zero attached hydrogens (tertiary/aromatic N) is 1. The van der Waals surface area contributed by atoms with E-state index in [1.807, 2.05) is 0 Å². The Balaban J connectivity index is 2.98. The zero-order valence-corrected chi connectivity index (χ0v) is 10.2. The number of benzene rings is 1. The minimum absolute atomic E-state index is 0.223. The fourth-order valence-corrected chi connectivity index (χ4v) is 1.63. The molecule has 0 aliphatic rings. The summed E-state index contributed by atoms with van der Waals surface area (Å²) in [6.45, 7) is -1.91. The van der Waals surface area contributed by atoms with Crippen molar-refractivity contribution in [3.63, 3.8) is 0 Å². The monoisotopic (exact) mass is 301 g/mol. The van der Waals surface area contributed by atoms with Gasteiger partial charge in [-0.2, -0.15) is 13.2 Å². The Hall–Kier alpha value is -1.37. The van der Waals surface area contributed by atoms with Crippen molar-refractivity contribution in [1.82, 2.24) is 4.90 Å². The fraction of sp³-hybridized carbons (Fsp3) is 0.364. The molecule has 0 aliphatic heterocycles. The van der Waals surface area contributed by atoms with Crippen LogP contribution in [0.3, 0.4) is 0 Å². The van der Waals surface area contributed by atoms with Crippen molar-refractivity contribution in [3.8, 4) is 0 Å². The van der Waals surface area contributed by atoms with Crippen molar-refractivity contribution in [2.45, 2.75) is 6.18 Å². The summed E-state index contributed by atoms with van der Waals surface area (Å²) >= 11 is 5.31. The summed E-state index contributed by atoms with van der Waals surface area (Å²) in [6.07, 6.45) is -4.62. The number of carbonyl (C=O) groups is 1. The van der Waals surface area contributed by atoms with Gasteiger partial charge in [0.2, 0.25) is 0 Å². The molecule has 0 N–H and O–H groups in total. The number of rotatable bonds is 4. The average Bonchev–Trinajstić information content (AvgIpc) is 2.24. The van der Waals surface area contributed by atoms with Gasteiger partial charge in [-0.1, -0.05) is 0 Å². The number of carbonyl (C=O) groups excluding carboxylic acids is 1. The van der Waals surface area contributed by atoms with Gasteiger partial charge in [-0.05, 0) is 12.1 Å². The van der Waals surface area contributed by atoms with Crippen LogP contribution in [0, 0.1) is 11.6 Å². The number of amides is 1. The molecule has 0 atom stereocenters. The van der Waals surface area contributed by atoms with Gasteiger partial charge in [0, 0.05) is 24.1 Å². The van der Waals surface area contributed by atoms with E-state index in [4.69, 9.17) is 11.6 Å². The summed E-state index contributed by atoms with van der Waals surface area (Å²) < 4.78 is 62.7. The minimum Gasteiger partial charge on any atom is -0.328 e. The van der Waals surface area contributed by atoms with Crippen LogP contribution in [0.1, 0.15) is 10.4 Å². The van der Waals surface area contributed by atoms with E-state index in [9.17, 15) is 26.7 Å². The SMILES string of the molecule is O=C(c1cc(F)cc(F)c1)N(CCCl)CC(F)(F)F. The van der Waals surface area contributed by atoms with Gasteiger partial charge in [-0.3, -0.25) is 4.79 Å². The highest BCUT2D eigenvalue weighted by molar-refractivity contribution is 6.18. The van der Waals surface area contributed by atoms with Crippen LogP contribution in [0.5, 0.6) is 0 Å². The zero-order chi connectivity index (χ0) is 14.6. The first-order valence-corrected chi connectivity index (χ1v) is 5.64. The highest BCUT2D eigenvalue weighted by Gasteiger charge is 2.33. The molecular formula is C11H9ClF5NO. The second kappa shape index (κ2) is 6.18. The lowest BCUT2D eigenvalue weighted by molar-refractivity contribution is -0.140. The highest BCUT2D eigenvalue weighted by atomic mass is 35.5. The van der Waals surface area contributed by atoms with E-state index in [2.05, 4.69) is 0 Å². The molecule has 106 valence electrons. The maximum absolute atomic E-state index is 12.9. The molecule has 2 nitrogen and oxygen atoms in total. The van der Waals surface area contributed by atoms with E-state index in [0.29, 0.717) is 23.1 Å². The molecule has 0 radical (unpaired) electrons. The van der Waals surface area contributed by atoms with Crippen LogP contribution in [0.2, 0.25) is 0 Å². The number of halogens is 6. The summed E-state index contributed by atoms with van der Waals surface area (Å²) in [5, 5.41) is 0. The second-order valence-electron chi connectivity index (χ2n) is 3.69. The molecule has 0 heterocycles. The Kier molecular flexibility index (Phi) is 5.11. The molecule has 1 rings (SSSR count). The van der Waals surface area contributed by atoms with Crippen LogP contribution >= 0.6 is 11.6 Å². The first-order valence-electron chi connectivity index (χ1n) is 5.11. The first-order chi connectivity index (χ1) is 8.73. The van der Waals surface area contributed by atoms with E-state index in [0.717, 1.165) is 0 Å². The molecule has 19 heavy (non-hydrogen) atoms. The van der Waals surface area contributed by atoms with Gasteiger partial charge in [-0.15, -0.1) is 11.6 Å². The van der Waals surface area contributed by atoms with E-state index in [-0.39, 0.29) is 12.4 Å². The third-order valence-electron chi connectivity index (χ3n) is 2.12. The van der Waals surface area contributed by atoms with Crippen LogP contribution < -0.4 is 0 Å². The van der Waals surface area contributed by atoms with Crippen molar-refractivity contribution in [1.29, 1.82) is 0 Å². The topological polar surface area (TPSA) is 20.3 Å². The predicted octanol–water partition coefficient (Wildman–Crippen LogP) is 3.21. The van der Waals surface area contributed by atoms with Crippen molar-refractivity contribution in [3.05, 3.63) is 35.4 Å². The standard InChI is InChI=1S/C11H9ClF5NO/c12-1-2-18(6-11(15,16)17)10(19)7-3-8(13)5-9(14)4-7/h3-5H,1-2,6H2. The normalized spacial score (nSPS) is 11.5. The molecule has 8 heteroatoms. The van der Waals surface area contributed by atoms with Crippen LogP contribution in [0.25, 0.3) is 0 Å². The van der Waals surface area contributed by atoms with E-state index in [1.165, 1.54) is 0 Å². The third-order valence-corrected chi connectivity index (χ3v) is 2.29. The van der Waals surface area contributed by atoms with Gasteiger partial charge in [0.1, 0.15) is 18.2 Å². The van der Waals surface area contributed by atoms with E-state index in [1.54, 1.807) is 0 Å². The lowest BCUT2D eigenvalue weighted by Crippen LogP contribution is -2.40. The number of alkyl halides is 4. The molecule has 1 amide bonds. The maximum atomic E-state index is 12.9. The molecular weight excluding hydrogens is 293 g/mol. The molecule has 0 aromatic heterocycles. The molecule has 1 aromatic carbocycles. The van der Waals surface area contributed by atoms with Crippen LogP contribution in [0.4, 0.5) is 22.0 Å². The lowest BCUT2D eigenvalue weighted by Gasteiger charge is -2.23. The molecule has 0 spiro atoms. The van der Waals surface area contributed by atoms with Crippen molar-refractivity contribution in [2.75, 3.05) is 19.0 Å². The molecule has 0 saturated carbocycles. The lowest BCUT2D eigenvalue weighted by atomic mass is 10.2. The van der Waals surface area contributed by atoms with Crippen molar-refractivity contribution >= 4 is 17.5 Å². The fourth-order valence-electron chi connectivity index (χ4n) is 1.43. The van der Waals surface area contributed by atoms with Crippen molar-refractivity contribution in [2.24, 2.45) is 0 Å². The average molecular weight is 302 g/mol. The highest BCUT2D eigenvalue weighted by Crippen LogP contribution is 2.19. The zero-order valence-electron chi connectivity index (χ0n) is 9.48. The maximum Gasteiger partial charge on any atom is 0.406 e. The summed E-state index contributed by atoms with van der Waals surface area (Å²) in [6, 6.07) is 1.86. The molecule has 0 unspecified atom stereocenters. The summed E-state index contributed by atoms with van der Waals surface area (Å²) in [4.78, 5) is 12.1. The van der Waals surface area contributed by atoms with Gasteiger partial charge in [0.15, 0.2) is 0 Å². The summed E-state index contributed by atoms with van der Waals surface area (Å²) in [5.41, 5.74) is -0.494. The number of hydrogen-bond acceptors (Lipinski definition) is 1. The predicted molar refractivity (Wildman–Crippen MR) is 59.0 cm³/mol. The minimum atomic E-state index is -4.62. The Morgan fingerprint density at radius 3 is 2.11 bits per heavy atom. The Morgan fingerprint density at radius 1 is 1.16 bits per heavy atom. The van der Waals surface area contributed by atoms with Crippen LogP contribution in [-0.4, -0.2) is 36.0 Å². The molecule has 0 fully saturated rings. The van der Waals surface area contributed by atoms with E-state index < -0.39 is 35.8 Å². The summed E-state index contributed by atoms with van der Waals surface area (Å²) in [5.74, 6) is -3.43. The number of hydrogen-bond donors (Lipinski definition) is 0.